The summed E-state index contributed by atoms with van der Waals surface area (Å²) >= 11 is 6.12. The summed E-state index contributed by atoms with van der Waals surface area (Å²) in [7, 11) is 1.97. The molecule has 148 valence electrons. The molecule has 1 atom stereocenters. The molecule has 1 amide bonds. The van der Waals surface area contributed by atoms with Gasteiger partial charge in [-0.3, -0.25) is 9.69 Å². The molecule has 1 aliphatic heterocycles. The second kappa shape index (κ2) is 8.54. The first-order valence-corrected chi connectivity index (χ1v) is 10.6. The summed E-state index contributed by atoms with van der Waals surface area (Å²) < 4.78 is 0. The van der Waals surface area contributed by atoms with E-state index >= 15 is 0 Å². The Balaban J connectivity index is 1.34. The van der Waals surface area contributed by atoms with Crippen molar-refractivity contribution >= 4 is 23.2 Å². The number of likely N-dealkylation sites (N-methyl/N-ethyl adjacent to an activating group) is 1. The number of nitrogens with zero attached hydrogens (tertiary/aromatic N) is 3. The van der Waals surface area contributed by atoms with Gasteiger partial charge in [-0.05, 0) is 48.6 Å². The van der Waals surface area contributed by atoms with Crippen molar-refractivity contribution in [3.8, 4) is 0 Å². The molecule has 0 bridgehead atoms. The first-order valence-electron chi connectivity index (χ1n) is 10.2. The third-order valence-electron chi connectivity index (χ3n) is 6.10. The van der Waals surface area contributed by atoms with Crippen molar-refractivity contribution in [1.82, 2.24) is 9.80 Å². The van der Waals surface area contributed by atoms with E-state index in [4.69, 9.17) is 11.6 Å². The average molecular weight is 398 g/mol. The highest BCUT2D eigenvalue weighted by Crippen LogP contribution is 2.33. The highest BCUT2D eigenvalue weighted by Gasteiger charge is 2.28. The summed E-state index contributed by atoms with van der Waals surface area (Å²) in [6.45, 7) is 4.13. The molecule has 0 saturated carbocycles. The first-order chi connectivity index (χ1) is 13.6. The molecule has 1 heterocycles. The van der Waals surface area contributed by atoms with Crippen LogP contribution in [0.25, 0.3) is 0 Å². The normalized spacial score (nSPS) is 19.9. The molecular weight excluding hydrogens is 370 g/mol. The minimum absolute atomic E-state index is 0.213. The number of amides is 1. The van der Waals surface area contributed by atoms with Gasteiger partial charge in [0.25, 0.3) is 0 Å². The summed E-state index contributed by atoms with van der Waals surface area (Å²) in [5, 5.41) is 0.768. The van der Waals surface area contributed by atoms with E-state index in [2.05, 4.69) is 40.1 Å². The second-order valence-corrected chi connectivity index (χ2v) is 8.29. The van der Waals surface area contributed by atoms with Crippen molar-refractivity contribution in [2.24, 2.45) is 0 Å². The van der Waals surface area contributed by atoms with Crippen LogP contribution in [0, 0.1) is 0 Å². The highest BCUT2D eigenvalue weighted by molar-refractivity contribution is 6.30. The first kappa shape index (κ1) is 19.3. The van der Waals surface area contributed by atoms with E-state index in [1.54, 1.807) is 0 Å². The number of carbonyl (C=O) groups excluding carboxylic acids is 1. The molecule has 28 heavy (non-hydrogen) atoms. The van der Waals surface area contributed by atoms with Crippen LogP contribution >= 0.6 is 11.6 Å². The summed E-state index contributed by atoms with van der Waals surface area (Å²) in [6, 6.07) is 16.8. The van der Waals surface area contributed by atoms with Gasteiger partial charge in [0.2, 0.25) is 5.91 Å². The fourth-order valence-corrected chi connectivity index (χ4v) is 4.63. The molecule has 0 spiro atoms. The predicted octanol–water partition coefficient (Wildman–Crippen LogP) is 4.00. The van der Waals surface area contributed by atoms with Gasteiger partial charge in [-0.15, -0.1) is 0 Å². The Morgan fingerprint density at radius 2 is 1.89 bits per heavy atom. The molecule has 0 aromatic heterocycles. The lowest BCUT2D eigenvalue weighted by molar-refractivity contribution is -0.133. The number of hydrogen-bond acceptors (Lipinski definition) is 3. The summed E-state index contributed by atoms with van der Waals surface area (Å²) in [5.74, 6) is 0.220. The van der Waals surface area contributed by atoms with Gasteiger partial charge < -0.3 is 9.80 Å². The predicted molar refractivity (Wildman–Crippen MR) is 115 cm³/mol. The van der Waals surface area contributed by atoms with Gasteiger partial charge in [0.1, 0.15) is 0 Å². The number of aryl methyl sites for hydroxylation is 1. The van der Waals surface area contributed by atoms with E-state index in [1.807, 2.05) is 30.1 Å². The lowest BCUT2D eigenvalue weighted by Gasteiger charge is -2.38. The number of piperazine rings is 1. The zero-order valence-electron chi connectivity index (χ0n) is 16.5. The molecule has 1 aliphatic carbocycles. The van der Waals surface area contributed by atoms with Crippen LogP contribution < -0.4 is 4.90 Å². The number of rotatable bonds is 4. The Bertz CT molecular complexity index is 832. The average Bonchev–Trinajstić information content (AvgIpc) is 2.73. The van der Waals surface area contributed by atoms with Crippen molar-refractivity contribution in [2.45, 2.75) is 25.3 Å². The number of halogens is 1. The topological polar surface area (TPSA) is 26.8 Å². The van der Waals surface area contributed by atoms with Gasteiger partial charge in [0.05, 0.1) is 12.6 Å². The van der Waals surface area contributed by atoms with Crippen LogP contribution in [-0.2, 0) is 11.2 Å². The van der Waals surface area contributed by atoms with Gasteiger partial charge >= 0.3 is 0 Å². The van der Waals surface area contributed by atoms with E-state index in [0.717, 1.165) is 56.2 Å². The molecule has 5 heteroatoms. The maximum Gasteiger partial charge on any atom is 0.237 e. The third-order valence-corrected chi connectivity index (χ3v) is 6.34. The third kappa shape index (κ3) is 4.18. The summed E-state index contributed by atoms with van der Waals surface area (Å²) in [5.41, 5.74) is 3.89. The molecular formula is C23H28ClN3O. The van der Waals surface area contributed by atoms with Crippen LogP contribution in [0.5, 0.6) is 0 Å². The Morgan fingerprint density at radius 1 is 1.11 bits per heavy atom. The Morgan fingerprint density at radius 3 is 2.68 bits per heavy atom. The monoisotopic (exact) mass is 397 g/mol. The Labute approximate surface area is 172 Å². The van der Waals surface area contributed by atoms with Gasteiger partial charge in [-0.2, -0.15) is 0 Å². The zero-order chi connectivity index (χ0) is 19.5. The largest absolute Gasteiger partial charge is 0.369 e. The van der Waals surface area contributed by atoms with Crippen LogP contribution in [0.1, 0.15) is 30.0 Å². The second-order valence-electron chi connectivity index (χ2n) is 7.85. The van der Waals surface area contributed by atoms with E-state index in [0.29, 0.717) is 6.54 Å². The standard InChI is InChI=1S/C23H28ClN3O/c1-25(22-11-4-7-18-6-2-3-10-21(18)22)23(28)17-26-12-14-27(15-13-26)20-9-5-8-19(24)16-20/h2-3,5-6,8-10,16,22H,4,7,11-15,17H2,1H3. The van der Waals surface area contributed by atoms with Crippen molar-refractivity contribution in [3.63, 3.8) is 0 Å². The number of benzene rings is 2. The van der Waals surface area contributed by atoms with E-state index in [9.17, 15) is 4.79 Å². The van der Waals surface area contributed by atoms with Crippen LogP contribution in [0.4, 0.5) is 5.69 Å². The van der Waals surface area contributed by atoms with E-state index in [-0.39, 0.29) is 11.9 Å². The summed E-state index contributed by atoms with van der Waals surface area (Å²) in [4.78, 5) is 19.6. The summed E-state index contributed by atoms with van der Waals surface area (Å²) in [6.07, 6.45) is 3.33. The highest BCUT2D eigenvalue weighted by atomic mass is 35.5. The van der Waals surface area contributed by atoms with E-state index in [1.165, 1.54) is 11.1 Å². The quantitative estimate of drug-likeness (QED) is 0.780. The van der Waals surface area contributed by atoms with Gasteiger partial charge in [0, 0.05) is 43.9 Å². The van der Waals surface area contributed by atoms with Gasteiger partial charge in [0.15, 0.2) is 0 Å². The van der Waals surface area contributed by atoms with Crippen LogP contribution in [0.15, 0.2) is 48.5 Å². The number of fused-ring (bicyclic) bond motifs is 1. The Hall–Kier alpha value is -2.04. The lowest BCUT2D eigenvalue weighted by atomic mass is 9.87. The molecule has 0 N–H and O–H groups in total. The SMILES string of the molecule is CN(C(=O)CN1CCN(c2cccc(Cl)c2)CC1)C1CCCc2ccccc21. The fourth-order valence-electron chi connectivity index (χ4n) is 4.44. The van der Waals surface area contributed by atoms with Crippen LogP contribution in [0.3, 0.4) is 0 Å². The van der Waals surface area contributed by atoms with Crippen molar-refractivity contribution in [3.05, 3.63) is 64.7 Å². The van der Waals surface area contributed by atoms with Crippen LogP contribution in [-0.4, -0.2) is 55.5 Å². The number of carbonyl (C=O) groups is 1. The lowest BCUT2D eigenvalue weighted by Crippen LogP contribution is -2.50. The molecule has 1 saturated heterocycles. The molecule has 0 radical (unpaired) electrons. The maximum absolute atomic E-state index is 13.0. The van der Waals surface area contributed by atoms with Crippen molar-refractivity contribution in [2.75, 3.05) is 44.7 Å². The molecule has 2 aromatic rings. The minimum atomic E-state index is 0.213. The number of anilines is 1. The number of hydrogen-bond donors (Lipinski definition) is 0. The van der Waals surface area contributed by atoms with Gasteiger partial charge in [-0.1, -0.05) is 41.9 Å². The smallest absolute Gasteiger partial charge is 0.237 e. The molecule has 4 rings (SSSR count). The molecule has 1 unspecified atom stereocenters. The van der Waals surface area contributed by atoms with E-state index < -0.39 is 0 Å². The van der Waals surface area contributed by atoms with Crippen molar-refractivity contribution in [1.29, 1.82) is 0 Å². The minimum Gasteiger partial charge on any atom is -0.369 e. The van der Waals surface area contributed by atoms with Gasteiger partial charge in [-0.25, -0.2) is 0 Å². The Kier molecular flexibility index (Phi) is 5.88. The molecule has 2 aliphatic rings. The molecule has 4 nitrogen and oxygen atoms in total. The molecule has 1 fully saturated rings. The van der Waals surface area contributed by atoms with Crippen molar-refractivity contribution < 1.29 is 4.79 Å². The van der Waals surface area contributed by atoms with Crippen LogP contribution in [0.2, 0.25) is 5.02 Å². The zero-order valence-corrected chi connectivity index (χ0v) is 17.2. The maximum atomic E-state index is 13.0. The fraction of sp³-hybridized carbons (Fsp3) is 0.435. The molecule has 2 aromatic carbocycles.